The van der Waals surface area contributed by atoms with Crippen molar-refractivity contribution in [3.63, 3.8) is 0 Å². The molecule has 0 aliphatic heterocycles. The van der Waals surface area contributed by atoms with Gasteiger partial charge in [-0.2, -0.15) is 5.26 Å². The van der Waals surface area contributed by atoms with Crippen LogP contribution in [0.3, 0.4) is 0 Å². The largest absolute Gasteiger partial charge is 0.382 e. The van der Waals surface area contributed by atoms with Crippen LogP contribution in [0.5, 0.6) is 0 Å². The molecular formula is C13H17NO3. The second-order valence-corrected chi connectivity index (χ2v) is 3.43. The van der Waals surface area contributed by atoms with Crippen LogP contribution in [0.1, 0.15) is 11.1 Å². The first-order chi connectivity index (χ1) is 8.38. The number of benzene rings is 1. The Balaban J connectivity index is 2.16. The molecule has 0 aromatic heterocycles. The van der Waals surface area contributed by atoms with Crippen LogP contribution in [-0.4, -0.2) is 33.5 Å². The van der Waals surface area contributed by atoms with E-state index < -0.39 is 0 Å². The van der Waals surface area contributed by atoms with Gasteiger partial charge in [0.2, 0.25) is 0 Å². The number of hydrogen-bond acceptors (Lipinski definition) is 4. The molecule has 4 heteroatoms. The summed E-state index contributed by atoms with van der Waals surface area (Å²) in [6.45, 7) is 2.67. The standard InChI is InChI=1S/C13H17NO3/c1-15-6-7-16-8-9-17-11-13-5-3-2-4-12(13)10-14/h2-5H,6-9,11H2,1H3. The average molecular weight is 235 g/mol. The Morgan fingerprint density at radius 1 is 1.06 bits per heavy atom. The molecule has 0 aliphatic carbocycles. The highest BCUT2D eigenvalue weighted by molar-refractivity contribution is 5.36. The topological polar surface area (TPSA) is 51.5 Å². The van der Waals surface area contributed by atoms with Gasteiger partial charge in [-0.3, -0.25) is 0 Å². The molecule has 17 heavy (non-hydrogen) atoms. The quantitative estimate of drug-likeness (QED) is 0.644. The molecule has 0 N–H and O–H groups in total. The Morgan fingerprint density at radius 2 is 1.76 bits per heavy atom. The van der Waals surface area contributed by atoms with E-state index in [-0.39, 0.29) is 0 Å². The molecule has 0 saturated heterocycles. The second-order valence-electron chi connectivity index (χ2n) is 3.43. The molecule has 0 heterocycles. The summed E-state index contributed by atoms with van der Waals surface area (Å²) < 4.78 is 15.5. The lowest BCUT2D eigenvalue weighted by Gasteiger charge is -2.06. The van der Waals surface area contributed by atoms with Gasteiger partial charge in [0.15, 0.2) is 0 Å². The van der Waals surface area contributed by atoms with E-state index in [1.165, 1.54) is 0 Å². The number of ether oxygens (including phenoxy) is 3. The Kier molecular flexibility index (Phi) is 6.99. The first kappa shape index (κ1) is 13.7. The van der Waals surface area contributed by atoms with Gasteiger partial charge >= 0.3 is 0 Å². The van der Waals surface area contributed by atoms with Gasteiger partial charge in [-0.15, -0.1) is 0 Å². The highest BCUT2D eigenvalue weighted by Crippen LogP contribution is 2.08. The van der Waals surface area contributed by atoms with Gasteiger partial charge in [0.1, 0.15) is 0 Å². The molecule has 0 atom stereocenters. The van der Waals surface area contributed by atoms with E-state index >= 15 is 0 Å². The monoisotopic (exact) mass is 235 g/mol. The summed E-state index contributed by atoms with van der Waals surface area (Å²) >= 11 is 0. The van der Waals surface area contributed by atoms with E-state index in [0.717, 1.165) is 5.56 Å². The Bertz CT molecular complexity index is 360. The summed E-state index contributed by atoms with van der Waals surface area (Å²) in [7, 11) is 1.64. The second kappa shape index (κ2) is 8.71. The Labute approximate surface area is 102 Å². The molecule has 0 fully saturated rings. The van der Waals surface area contributed by atoms with Gasteiger partial charge < -0.3 is 14.2 Å². The van der Waals surface area contributed by atoms with Crippen molar-refractivity contribution in [3.05, 3.63) is 35.4 Å². The maximum Gasteiger partial charge on any atom is 0.0995 e. The van der Waals surface area contributed by atoms with E-state index in [4.69, 9.17) is 19.5 Å². The molecule has 0 aliphatic rings. The lowest BCUT2D eigenvalue weighted by molar-refractivity contribution is 0.0199. The number of hydrogen-bond donors (Lipinski definition) is 0. The van der Waals surface area contributed by atoms with E-state index in [2.05, 4.69) is 6.07 Å². The minimum absolute atomic E-state index is 0.442. The molecule has 0 bridgehead atoms. The molecule has 0 spiro atoms. The van der Waals surface area contributed by atoms with Crippen LogP contribution in [0.15, 0.2) is 24.3 Å². The Hall–Kier alpha value is -1.41. The van der Waals surface area contributed by atoms with E-state index in [0.29, 0.717) is 38.6 Å². The predicted molar refractivity (Wildman–Crippen MR) is 63.5 cm³/mol. The molecule has 4 nitrogen and oxygen atoms in total. The van der Waals surface area contributed by atoms with Gasteiger partial charge in [0.25, 0.3) is 0 Å². The van der Waals surface area contributed by atoms with Crippen molar-refractivity contribution in [2.75, 3.05) is 33.5 Å². The van der Waals surface area contributed by atoms with Gasteiger partial charge in [-0.25, -0.2) is 0 Å². The maximum atomic E-state index is 8.87. The maximum absolute atomic E-state index is 8.87. The average Bonchev–Trinajstić information content (AvgIpc) is 2.38. The van der Waals surface area contributed by atoms with Crippen LogP contribution < -0.4 is 0 Å². The summed E-state index contributed by atoms with van der Waals surface area (Å²) in [5, 5.41) is 8.87. The van der Waals surface area contributed by atoms with Crippen molar-refractivity contribution in [1.82, 2.24) is 0 Å². The Morgan fingerprint density at radius 3 is 2.53 bits per heavy atom. The zero-order valence-electron chi connectivity index (χ0n) is 10.0. The third-order valence-corrected chi connectivity index (χ3v) is 2.20. The molecule has 1 aromatic carbocycles. The van der Waals surface area contributed by atoms with Crippen molar-refractivity contribution in [2.45, 2.75) is 6.61 Å². The summed E-state index contributed by atoms with van der Waals surface area (Å²) in [6, 6.07) is 9.56. The summed E-state index contributed by atoms with van der Waals surface area (Å²) in [4.78, 5) is 0. The van der Waals surface area contributed by atoms with Crippen LogP contribution in [-0.2, 0) is 20.8 Å². The molecular weight excluding hydrogens is 218 g/mol. The lowest BCUT2D eigenvalue weighted by Crippen LogP contribution is -2.08. The summed E-state index contributed by atoms with van der Waals surface area (Å²) in [5.41, 5.74) is 1.57. The number of methoxy groups -OCH3 is 1. The predicted octanol–water partition coefficient (Wildman–Crippen LogP) is 1.74. The van der Waals surface area contributed by atoms with Gasteiger partial charge in [-0.05, 0) is 11.6 Å². The molecule has 0 saturated carbocycles. The van der Waals surface area contributed by atoms with Crippen LogP contribution in [0.2, 0.25) is 0 Å². The molecule has 92 valence electrons. The first-order valence-corrected chi connectivity index (χ1v) is 5.51. The van der Waals surface area contributed by atoms with E-state index in [9.17, 15) is 0 Å². The van der Waals surface area contributed by atoms with Crippen LogP contribution in [0.4, 0.5) is 0 Å². The highest BCUT2D eigenvalue weighted by atomic mass is 16.5. The zero-order chi connectivity index (χ0) is 12.3. The number of nitrogens with zero attached hydrogens (tertiary/aromatic N) is 1. The van der Waals surface area contributed by atoms with E-state index in [1.807, 2.05) is 18.2 Å². The van der Waals surface area contributed by atoms with Gasteiger partial charge in [0, 0.05) is 7.11 Å². The van der Waals surface area contributed by atoms with Crippen LogP contribution in [0, 0.1) is 11.3 Å². The normalized spacial score (nSPS) is 10.1. The van der Waals surface area contributed by atoms with Gasteiger partial charge in [-0.1, -0.05) is 18.2 Å². The van der Waals surface area contributed by atoms with Crippen LogP contribution in [0.25, 0.3) is 0 Å². The molecule has 1 rings (SSSR count). The number of rotatable bonds is 8. The molecule has 0 amide bonds. The van der Waals surface area contributed by atoms with Crippen molar-refractivity contribution < 1.29 is 14.2 Å². The third kappa shape index (κ3) is 5.45. The summed E-state index contributed by atoms with van der Waals surface area (Å²) in [5.74, 6) is 0. The fourth-order valence-electron chi connectivity index (χ4n) is 1.30. The fourth-order valence-corrected chi connectivity index (χ4v) is 1.30. The zero-order valence-corrected chi connectivity index (χ0v) is 10.0. The highest BCUT2D eigenvalue weighted by Gasteiger charge is 2.00. The fraction of sp³-hybridized carbons (Fsp3) is 0.462. The molecule has 0 unspecified atom stereocenters. The van der Waals surface area contributed by atoms with Crippen molar-refractivity contribution in [1.29, 1.82) is 5.26 Å². The minimum atomic E-state index is 0.442. The SMILES string of the molecule is COCCOCCOCc1ccccc1C#N. The first-order valence-electron chi connectivity index (χ1n) is 5.51. The lowest BCUT2D eigenvalue weighted by atomic mass is 10.1. The van der Waals surface area contributed by atoms with Crippen molar-refractivity contribution in [3.8, 4) is 6.07 Å². The van der Waals surface area contributed by atoms with Gasteiger partial charge in [0.05, 0.1) is 44.7 Å². The number of nitriles is 1. The minimum Gasteiger partial charge on any atom is -0.382 e. The van der Waals surface area contributed by atoms with Crippen molar-refractivity contribution in [2.24, 2.45) is 0 Å². The molecule has 1 aromatic rings. The summed E-state index contributed by atoms with van der Waals surface area (Å²) in [6.07, 6.45) is 0. The molecule has 0 radical (unpaired) electrons. The van der Waals surface area contributed by atoms with Crippen LogP contribution >= 0.6 is 0 Å². The van der Waals surface area contributed by atoms with E-state index in [1.54, 1.807) is 13.2 Å². The smallest absolute Gasteiger partial charge is 0.0995 e. The van der Waals surface area contributed by atoms with Crippen molar-refractivity contribution >= 4 is 0 Å². The third-order valence-electron chi connectivity index (χ3n) is 2.20.